The van der Waals surface area contributed by atoms with E-state index in [2.05, 4.69) is 11.6 Å². The van der Waals surface area contributed by atoms with Crippen molar-refractivity contribution in [2.24, 2.45) is 4.99 Å². The number of allylic oxidation sites excluding steroid dienone is 6. The van der Waals surface area contributed by atoms with Gasteiger partial charge in [-0.1, -0.05) is 55.2 Å². The Kier molecular flexibility index (Phi) is 6.14. The Hall–Kier alpha value is -2.90. The van der Waals surface area contributed by atoms with Gasteiger partial charge in [0.25, 0.3) is 0 Å². The minimum absolute atomic E-state index is 0.551. The Morgan fingerprint density at radius 2 is 1.80 bits per heavy atom. The first-order valence-corrected chi connectivity index (χ1v) is 11.0. The van der Waals surface area contributed by atoms with E-state index in [1.54, 1.807) is 27.3 Å². The second-order valence-electron chi connectivity index (χ2n) is 7.23. The Morgan fingerprint density at radius 1 is 1.13 bits per heavy atom. The van der Waals surface area contributed by atoms with Gasteiger partial charge in [-0.2, -0.15) is 12.7 Å². The van der Waals surface area contributed by atoms with Gasteiger partial charge in [0.05, 0.1) is 24.5 Å². The molecule has 1 aliphatic heterocycles. The van der Waals surface area contributed by atoms with Gasteiger partial charge in [-0.3, -0.25) is 9.30 Å². The molecule has 0 fully saturated rings. The van der Waals surface area contributed by atoms with Gasteiger partial charge in [0.1, 0.15) is 5.76 Å². The molecular formula is C23H27N3O3S. The second-order valence-corrected chi connectivity index (χ2v) is 9.24. The van der Waals surface area contributed by atoms with Crippen LogP contribution in [0, 0.1) is 0 Å². The average molecular weight is 426 g/mol. The first-order valence-electron chi connectivity index (χ1n) is 9.56. The number of fused-ring (bicyclic) bond motifs is 1. The molecule has 1 unspecified atom stereocenters. The molecule has 30 heavy (non-hydrogen) atoms. The zero-order valence-corrected chi connectivity index (χ0v) is 18.8. The fourth-order valence-electron chi connectivity index (χ4n) is 3.69. The summed E-state index contributed by atoms with van der Waals surface area (Å²) in [5.41, 5.74) is 4.31. The predicted octanol–water partition coefficient (Wildman–Crippen LogP) is 4.69. The van der Waals surface area contributed by atoms with Crippen LogP contribution in [0.25, 0.3) is 6.08 Å². The number of nitrogens with zero attached hydrogens (tertiary/aromatic N) is 3. The lowest BCUT2D eigenvalue weighted by Crippen LogP contribution is -2.47. The first kappa shape index (κ1) is 21.8. The Morgan fingerprint density at radius 3 is 2.40 bits per heavy atom. The molecule has 1 heterocycles. The van der Waals surface area contributed by atoms with E-state index in [9.17, 15) is 8.42 Å². The summed E-state index contributed by atoms with van der Waals surface area (Å²) >= 11 is 0. The molecule has 1 aromatic carbocycles. The molecule has 0 saturated carbocycles. The lowest BCUT2D eigenvalue weighted by Gasteiger charge is -2.41. The molecular weight excluding hydrogens is 398 g/mol. The third kappa shape index (κ3) is 3.66. The highest BCUT2D eigenvalue weighted by Crippen LogP contribution is 2.49. The number of likely N-dealkylation sites (N-methyl/N-ethyl adjacent to an activating group) is 1. The Balaban J connectivity index is 2.39. The molecule has 1 atom stereocenters. The third-order valence-corrected chi connectivity index (χ3v) is 6.92. The predicted molar refractivity (Wildman–Crippen MR) is 124 cm³/mol. The molecule has 3 rings (SSSR count). The molecule has 0 amide bonds. The largest absolute Gasteiger partial charge is 0.496 e. The Labute approximate surface area is 179 Å². The minimum Gasteiger partial charge on any atom is -0.496 e. The Bertz CT molecular complexity index is 1120. The van der Waals surface area contributed by atoms with Crippen LogP contribution in [0.4, 0.5) is 11.4 Å². The highest BCUT2D eigenvalue weighted by atomic mass is 32.2. The highest BCUT2D eigenvalue weighted by Gasteiger charge is 2.43. The van der Waals surface area contributed by atoms with Gasteiger partial charge in [-0.25, -0.2) is 0 Å². The molecule has 1 aliphatic carbocycles. The van der Waals surface area contributed by atoms with E-state index in [1.807, 2.05) is 62.4 Å². The number of ether oxygens (including phenoxy) is 1. The number of aliphatic imine (C=N–C) groups is 1. The fraction of sp³-hybridized carbons (Fsp3) is 0.261. The molecule has 1 aromatic rings. The zero-order valence-electron chi connectivity index (χ0n) is 18.0. The monoisotopic (exact) mass is 425 g/mol. The summed E-state index contributed by atoms with van der Waals surface area (Å²) in [6, 6.07) is 3.29. The van der Waals surface area contributed by atoms with Crippen LogP contribution in [-0.4, -0.2) is 39.6 Å². The van der Waals surface area contributed by atoms with Crippen LogP contribution in [0.3, 0.4) is 0 Å². The van der Waals surface area contributed by atoms with Crippen molar-refractivity contribution in [3.63, 3.8) is 0 Å². The summed E-state index contributed by atoms with van der Waals surface area (Å²) in [5.74, 6) is 0.600. The molecule has 0 radical (unpaired) electrons. The van der Waals surface area contributed by atoms with Crippen molar-refractivity contribution in [2.75, 3.05) is 25.5 Å². The minimum atomic E-state index is -3.79. The van der Waals surface area contributed by atoms with E-state index >= 15 is 0 Å². The second kappa shape index (κ2) is 8.45. The van der Waals surface area contributed by atoms with Crippen molar-refractivity contribution in [2.45, 2.75) is 19.9 Å². The summed E-state index contributed by atoms with van der Waals surface area (Å²) in [6.07, 6.45) is 12.9. The molecule has 6 nitrogen and oxygen atoms in total. The average Bonchev–Trinajstić information content (AvgIpc) is 2.68. The van der Waals surface area contributed by atoms with Gasteiger partial charge < -0.3 is 4.74 Å². The molecule has 0 N–H and O–H groups in total. The molecule has 0 spiro atoms. The van der Waals surface area contributed by atoms with Crippen molar-refractivity contribution >= 4 is 33.4 Å². The van der Waals surface area contributed by atoms with Gasteiger partial charge in [0.2, 0.25) is 0 Å². The SMILES string of the molecule is C=Cc1ccc2c(c1N=C(C)C)N(C)S(=O)(=O)N(C)C2C1=CC=CC=CC=C1OC. The summed E-state index contributed by atoms with van der Waals surface area (Å²) in [6.45, 7) is 7.64. The number of rotatable bonds is 4. The van der Waals surface area contributed by atoms with Crippen molar-refractivity contribution < 1.29 is 13.2 Å². The van der Waals surface area contributed by atoms with Crippen molar-refractivity contribution in [3.8, 4) is 0 Å². The lowest BCUT2D eigenvalue weighted by atomic mass is 9.92. The van der Waals surface area contributed by atoms with Crippen LogP contribution in [0.5, 0.6) is 0 Å². The standard InChI is InChI=1S/C23H27N3O3S/c1-7-17-14-15-19-22(18-12-10-8-9-11-13-20(18)29-6)25(4)30(27,28)26(5)23(19)21(17)24-16(2)3/h7-15,22H,1H2,2-6H3. The number of hydrogen-bond acceptors (Lipinski definition) is 4. The molecule has 0 bridgehead atoms. The molecule has 2 aliphatic rings. The fourth-order valence-corrected chi connectivity index (χ4v) is 4.99. The summed E-state index contributed by atoms with van der Waals surface area (Å²) < 4.78 is 35.0. The van der Waals surface area contributed by atoms with Crippen molar-refractivity contribution in [1.29, 1.82) is 0 Å². The van der Waals surface area contributed by atoms with Gasteiger partial charge in [0, 0.05) is 36.5 Å². The normalized spacial score (nSPS) is 20.4. The van der Waals surface area contributed by atoms with Crippen molar-refractivity contribution in [3.05, 3.63) is 77.6 Å². The van der Waals surface area contributed by atoms with E-state index in [1.165, 1.54) is 8.61 Å². The quantitative estimate of drug-likeness (QED) is 0.658. The zero-order chi connectivity index (χ0) is 22.1. The van der Waals surface area contributed by atoms with Crippen molar-refractivity contribution in [1.82, 2.24) is 4.31 Å². The summed E-state index contributed by atoms with van der Waals surface area (Å²) in [5, 5.41) is 0. The van der Waals surface area contributed by atoms with Gasteiger partial charge in [-0.05, 0) is 19.9 Å². The summed E-state index contributed by atoms with van der Waals surface area (Å²) in [4.78, 5) is 4.67. The van der Waals surface area contributed by atoms with Gasteiger partial charge >= 0.3 is 10.2 Å². The van der Waals surface area contributed by atoms with E-state index in [4.69, 9.17) is 4.74 Å². The lowest BCUT2D eigenvalue weighted by molar-refractivity contribution is 0.284. The highest BCUT2D eigenvalue weighted by molar-refractivity contribution is 7.90. The van der Waals surface area contributed by atoms with E-state index in [0.717, 1.165) is 22.4 Å². The van der Waals surface area contributed by atoms with E-state index in [0.29, 0.717) is 17.1 Å². The maximum Gasteiger partial charge on any atom is 0.304 e. The number of anilines is 1. The van der Waals surface area contributed by atoms with Crippen LogP contribution < -0.4 is 4.31 Å². The van der Waals surface area contributed by atoms with Gasteiger partial charge in [-0.15, -0.1) is 0 Å². The topological polar surface area (TPSA) is 62.2 Å². The van der Waals surface area contributed by atoms with Crippen LogP contribution in [0.2, 0.25) is 0 Å². The van der Waals surface area contributed by atoms with E-state index in [-0.39, 0.29) is 0 Å². The number of hydrogen-bond donors (Lipinski definition) is 0. The maximum absolute atomic E-state index is 13.4. The number of benzene rings is 1. The van der Waals surface area contributed by atoms with Gasteiger partial charge in [0.15, 0.2) is 0 Å². The van der Waals surface area contributed by atoms with Crippen LogP contribution in [0.15, 0.2) is 71.5 Å². The van der Waals surface area contributed by atoms with Crippen LogP contribution >= 0.6 is 0 Å². The first-order chi connectivity index (χ1) is 14.2. The van der Waals surface area contributed by atoms with Crippen LogP contribution in [-0.2, 0) is 14.9 Å². The molecule has 0 aromatic heterocycles. The number of methoxy groups -OCH3 is 1. The summed E-state index contributed by atoms with van der Waals surface area (Å²) in [7, 11) is 0.933. The maximum atomic E-state index is 13.4. The molecule has 0 saturated heterocycles. The molecule has 7 heteroatoms. The third-order valence-electron chi connectivity index (χ3n) is 5.11. The van der Waals surface area contributed by atoms with E-state index < -0.39 is 16.3 Å². The molecule has 158 valence electrons. The smallest absolute Gasteiger partial charge is 0.304 e. The van der Waals surface area contributed by atoms with Crippen LogP contribution in [0.1, 0.15) is 31.0 Å².